The molecule has 0 spiro atoms. The third-order valence-electron chi connectivity index (χ3n) is 3.55. The van der Waals surface area contributed by atoms with E-state index in [1.54, 1.807) is 17.0 Å². The molecule has 5 nitrogen and oxygen atoms in total. The first-order valence-corrected chi connectivity index (χ1v) is 7.54. The number of hydrogen-bond acceptors (Lipinski definition) is 3. The van der Waals surface area contributed by atoms with E-state index in [1.807, 2.05) is 6.92 Å². The molecule has 0 radical (unpaired) electrons. The number of carbonyl (C=O) groups excluding carboxylic acids is 2. The van der Waals surface area contributed by atoms with E-state index in [0.29, 0.717) is 25.2 Å². The summed E-state index contributed by atoms with van der Waals surface area (Å²) in [5.74, 6) is -0.514. The summed E-state index contributed by atoms with van der Waals surface area (Å²) in [5.41, 5.74) is 0.636. The molecule has 6 heteroatoms. The number of nitrogens with zero attached hydrogens (tertiary/aromatic N) is 1. The van der Waals surface area contributed by atoms with Crippen LogP contribution in [0.5, 0.6) is 0 Å². The van der Waals surface area contributed by atoms with Gasteiger partial charge in [0.1, 0.15) is 12.4 Å². The summed E-state index contributed by atoms with van der Waals surface area (Å²) in [5, 5.41) is 2.82. The number of amides is 2. The Kier molecular flexibility index (Phi) is 5.89. The molecule has 1 saturated heterocycles. The van der Waals surface area contributed by atoms with E-state index in [4.69, 9.17) is 4.74 Å². The summed E-state index contributed by atoms with van der Waals surface area (Å²) in [6.45, 7) is 2.71. The largest absolute Gasteiger partial charge is 0.365 e. The Balaban J connectivity index is 1.89. The van der Waals surface area contributed by atoms with Crippen molar-refractivity contribution in [2.24, 2.45) is 0 Å². The van der Waals surface area contributed by atoms with Crippen molar-refractivity contribution in [2.75, 3.05) is 24.6 Å². The van der Waals surface area contributed by atoms with Crippen molar-refractivity contribution in [2.45, 2.75) is 32.3 Å². The van der Waals surface area contributed by atoms with Crippen molar-refractivity contribution in [1.82, 2.24) is 5.32 Å². The van der Waals surface area contributed by atoms with Gasteiger partial charge in [-0.1, -0.05) is 13.3 Å². The number of anilines is 1. The molecular weight excluding hydrogens is 287 g/mol. The molecule has 0 bridgehead atoms. The van der Waals surface area contributed by atoms with Crippen LogP contribution in [-0.4, -0.2) is 37.6 Å². The summed E-state index contributed by atoms with van der Waals surface area (Å²) >= 11 is 0. The van der Waals surface area contributed by atoms with Gasteiger partial charge in [-0.15, -0.1) is 0 Å². The quantitative estimate of drug-likeness (QED) is 0.873. The normalized spacial score (nSPS) is 18.4. The van der Waals surface area contributed by atoms with Gasteiger partial charge in [-0.05, 0) is 30.7 Å². The lowest BCUT2D eigenvalue weighted by Gasteiger charge is -2.32. The molecule has 1 atom stereocenters. The van der Waals surface area contributed by atoms with E-state index in [0.717, 1.165) is 12.8 Å². The Morgan fingerprint density at radius 3 is 2.82 bits per heavy atom. The SMILES string of the molecule is CCCCC(=O)NCC1CN(c2ccc(F)cc2)C(=O)CO1. The monoisotopic (exact) mass is 308 g/mol. The number of nitrogens with one attached hydrogen (secondary N) is 1. The Hall–Kier alpha value is -1.95. The van der Waals surface area contributed by atoms with Crippen LogP contribution in [0.1, 0.15) is 26.2 Å². The van der Waals surface area contributed by atoms with Gasteiger partial charge in [-0.25, -0.2) is 4.39 Å². The van der Waals surface area contributed by atoms with Crippen molar-refractivity contribution in [3.05, 3.63) is 30.1 Å². The number of rotatable bonds is 6. The zero-order chi connectivity index (χ0) is 15.9. The molecule has 1 heterocycles. The van der Waals surface area contributed by atoms with Gasteiger partial charge in [0.15, 0.2) is 0 Å². The maximum absolute atomic E-state index is 13.0. The highest BCUT2D eigenvalue weighted by Gasteiger charge is 2.27. The second kappa shape index (κ2) is 7.89. The number of ether oxygens (including phenoxy) is 1. The van der Waals surface area contributed by atoms with E-state index in [9.17, 15) is 14.0 Å². The van der Waals surface area contributed by atoms with Crippen molar-refractivity contribution in [1.29, 1.82) is 0 Å². The van der Waals surface area contributed by atoms with Crippen molar-refractivity contribution < 1.29 is 18.7 Å². The minimum Gasteiger partial charge on any atom is -0.365 e. The number of unbranched alkanes of at least 4 members (excludes halogenated alkanes) is 1. The highest BCUT2D eigenvalue weighted by Crippen LogP contribution is 2.18. The number of benzene rings is 1. The topological polar surface area (TPSA) is 58.6 Å². The van der Waals surface area contributed by atoms with Gasteiger partial charge in [-0.3, -0.25) is 9.59 Å². The molecule has 0 aliphatic carbocycles. The molecule has 22 heavy (non-hydrogen) atoms. The Morgan fingerprint density at radius 2 is 2.14 bits per heavy atom. The number of morpholine rings is 1. The molecule has 2 amide bonds. The second-order valence-corrected chi connectivity index (χ2v) is 5.32. The maximum Gasteiger partial charge on any atom is 0.253 e. The second-order valence-electron chi connectivity index (χ2n) is 5.32. The minimum absolute atomic E-state index is 0.00400. The molecule has 2 rings (SSSR count). The molecular formula is C16H21FN2O3. The molecule has 1 aliphatic rings. The van der Waals surface area contributed by atoms with E-state index in [-0.39, 0.29) is 30.3 Å². The first-order valence-electron chi connectivity index (χ1n) is 7.54. The third kappa shape index (κ3) is 4.53. The summed E-state index contributed by atoms with van der Waals surface area (Å²) < 4.78 is 18.4. The smallest absolute Gasteiger partial charge is 0.253 e. The molecule has 1 fully saturated rings. The van der Waals surface area contributed by atoms with E-state index >= 15 is 0 Å². The zero-order valence-electron chi connectivity index (χ0n) is 12.7. The predicted octanol–water partition coefficient (Wildman–Crippen LogP) is 1.86. The predicted molar refractivity (Wildman–Crippen MR) is 81.0 cm³/mol. The average Bonchev–Trinajstić information content (AvgIpc) is 2.53. The lowest BCUT2D eigenvalue weighted by Crippen LogP contribution is -2.50. The Bertz CT molecular complexity index is 519. The summed E-state index contributed by atoms with van der Waals surface area (Å²) in [6.07, 6.45) is 2.08. The van der Waals surface area contributed by atoms with Crippen LogP contribution in [-0.2, 0) is 14.3 Å². The van der Waals surface area contributed by atoms with Crippen LogP contribution in [0.4, 0.5) is 10.1 Å². The average molecular weight is 308 g/mol. The number of carbonyl (C=O) groups is 2. The van der Waals surface area contributed by atoms with Gasteiger partial charge in [0, 0.05) is 18.7 Å². The maximum atomic E-state index is 13.0. The van der Waals surface area contributed by atoms with Gasteiger partial charge < -0.3 is 15.0 Å². The van der Waals surface area contributed by atoms with Crippen LogP contribution in [0.15, 0.2) is 24.3 Å². The van der Waals surface area contributed by atoms with Gasteiger partial charge >= 0.3 is 0 Å². The summed E-state index contributed by atoms with van der Waals surface area (Å²) in [7, 11) is 0. The lowest BCUT2D eigenvalue weighted by molar-refractivity contribution is -0.129. The first kappa shape index (κ1) is 16.4. The Labute approximate surface area is 129 Å². The fourth-order valence-electron chi connectivity index (χ4n) is 2.27. The van der Waals surface area contributed by atoms with Gasteiger partial charge in [0.05, 0.1) is 12.6 Å². The van der Waals surface area contributed by atoms with E-state index < -0.39 is 0 Å². The standard InChI is InChI=1S/C16H21FN2O3/c1-2-3-4-15(20)18-9-14-10-19(16(21)11-22-14)13-7-5-12(17)6-8-13/h5-8,14H,2-4,9-11H2,1H3,(H,18,20). The lowest BCUT2D eigenvalue weighted by atomic mass is 10.2. The van der Waals surface area contributed by atoms with Crippen LogP contribution in [0.3, 0.4) is 0 Å². The zero-order valence-corrected chi connectivity index (χ0v) is 12.7. The highest BCUT2D eigenvalue weighted by atomic mass is 19.1. The van der Waals surface area contributed by atoms with Crippen molar-refractivity contribution in [3.8, 4) is 0 Å². The number of halogens is 1. The molecule has 1 aromatic carbocycles. The summed E-state index contributed by atoms with van der Waals surface area (Å²) in [4.78, 5) is 25.1. The minimum atomic E-state index is -0.343. The molecule has 1 aromatic rings. The van der Waals surface area contributed by atoms with Crippen molar-refractivity contribution in [3.63, 3.8) is 0 Å². The van der Waals surface area contributed by atoms with Crippen LogP contribution in [0.2, 0.25) is 0 Å². The third-order valence-corrected chi connectivity index (χ3v) is 3.55. The molecule has 1 unspecified atom stereocenters. The first-order chi connectivity index (χ1) is 10.6. The van der Waals surface area contributed by atoms with Gasteiger partial charge in [-0.2, -0.15) is 0 Å². The van der Waals surface area contributed by atoms with Crippen LogP contribution < -0.4 is 10.2 Å². The highest BCUT2D eigenvalue weighted by molar-refractivity contribution is 5.95. The van der Waals surface area contributed by atoms with Gasteiger partial charge in [0.2, 0.25) is 5.91 Å². The summed E-state index contributed by atoms with van der Waals surface area (Å²) in [6, 6.07) is 5.77. The molecule has 0 saturated carbocycles. The molecule has 1 N–H and O–H groups in total. The van der Waals surface area contributed by atoms with Crippen molar-refractivity contribution >= 4 is 17.5 Å². The Morgan fingerprint density at radius 1 is 1.41 bits per heavy atom. The van der Waals surface area contributed by atoms with Crippen LogP contribution in [0.25, 0.3) is 0 Å². The fourth-order valence-corrected chi connectivity index (χ4v) is 2.27. The van der Waals surface area contributed by atoms with Crippen LogP contribution >= 0.6 is 0 Å². The molecule has 1 aliphatic heterocycles. The van der Waals surface area contributed by atoms with E-state index in [1.165, 1.54) is 12.1 Å². The number of hydrogen-bond donors (Lipinski definition) is 1. The van der Waals surface area contributed by atoms with Gasteiger partial charge in [0.25, 0.3) is 5.91 Å². The van der Waals surface area contributed by atoms with Crippen LogP contribution in [0, 0.1) is 5.82 Å². The van der Waals surface area contributed by atoms with E-state index in [2.05, 4.69) is 5.32 Å². The molecule has 0 aromatic heterocycles. The fraction of sp³-hybridized carbons (Fsp3) is 0.500. The molecule has 120 valence electrons.